The van der Waals surface area contributed by atoms with Crippen LogP contribution in [-0.4, -0.2) is 24.9 Å². The number of nitrogens with one attached hydrogen (secondary N) is 1. The number of pyridine rings is 1. The van der Waals surface area contributed by atoms with Gasteiger partial charge in [0, 0.05) is 36.3 Å². The molecular weight excluding hydrogens is 366 g/mol. The van der Waals surface area contributed by atoms with E-state index in [0.29, 0.717) is 17.9 Å². The minimum absolute atomic E-state index is 0.353. The van der Waals surface area contributed by atoms with E-state index in [0.717, 1.165) is 33.8 Å². The van der Waals surface area contributed by atoms with Crippen molar-refractivity contribution >= 4 is 21.4 Å². The quantitative estimate of drug-likeness (QED) is 0.627. The fourth-order valence-corrected chi connectivity index (χ4v) is 4.85. The first-order valence-electron chi connectivity index (χ1n) is 8.37. The fourth-order valence-electron chi connectivity index (χ4n) is 2.60. The number of rotatable bonds is 7. The average molecular weight is 388 g/mol. The lowest BCUT2D eigenvalue weighted by Gasteiger charge is -2.09. The number of aromatic nitrogens is 2. The van der Waals surface area contributed by atoms with Crippen LogP contribution in [0, 0.1) is 13.8 Å². The highest BCUT2D eigenvalue weighted by molar-refractivity contribution is 7.89. The van der Waals surface area contributed by atoms with Crippen LogP contribution in [0.15, 0.2) is 53.0 Å². The van der Waals surface area contributed by atoms with Crippen molar-refractivity contribution in [2.45, 2.75) is 31.6 Å². The van der Waals surface area contributed by atoms with E-state index >= 15 is 0 Å². The van der Waals surface area contributed by atoms with Crippen molar-refractivity contribution in [3.8, 4) is 11.3 Å². The number of hydrogen-bond acceptors (Lipinski definition) is 5. The SMILES string of the molecule is Cc1ccc(C)c(S(=O)(=O)NCCCc2nc(-c3ccncc3)cs2)c1. The summed E-state index contributed by atoms with van der Waals surface area (Å²) in [6, 6.07) is 9.31. The van der Waals surface area contributed by atoms with Gasteiger partial charge >= 0.3 is 0 Å². The first-order valence-corrected chi connectivity index (χ1v) is 10.7. The van der Waals surface area contributed by atoms with Crippen LogP contribution >= 0.6 is 11.3 Å². The molecule has 0 aliphatic heterocycles. The summed E-state index contributed by atoms with van der Waals surface area (Å²) in [5.41, 5.74) is 3.66. The van der Waals surface area contributed by atoms with Gasteiger partial charge in [0.1, 0.15) is 0 Å². The Hall–Kier alpha value is -2.09. The molecule has 0 radical (unpaired) electrons. The van der Waals surface area contributed by atoms with E-state index < -0.39 is 10.0 Å². The number of benzene rings is 1. The third-order valence-electron chi connectivity index (χ3n) is 4.02. The third kappa shape index (κ3) is 4.55. The standard InChI is InChI=1S/C19H21N3O2S2/c1-14-5-6-15(2)18(12-14)26(23,24)21-9-3-4-19-22-17(13-25-19)16-7-10-20-11-8-16/h5-8,10-13,21H,3-4,9H2,1-2H3. The zero-order valence-corrected chi connectivity index (χ0v) is 16.4. The molecule has 0 aliphatic rings. The Morgan fingerprint density at radius 3 is 2.65 bits per heavy atom. The summed E-state index contributed by atoms with van der Waals surface area (Å²) >= 11 is 1.59. The molecule has 0 spiro atoms. The van der Waals surface area contributed by atoms with Gasteiger partial charge in [-0.2, -0.15) is 0 Å². The molecule has 0 bridgehead atoms. The average Bonchev–Trinajstić information content (AvgIpc) is 3.10. The molecule has 0 atom stereocenters. The van der Waals surface area contributed by atoms with E-state index in [1.165, 1.54) is 0 Å². The van der Waals surface area contributed by atoms with Crippen LogP contribution in [0.5, 0.6) is 0 Å². The van der Waals surface area contributed by atoms with E-state index in [2.05, 4.69) is 14.7 Å². The van der Waals surface area contributed by atoms with E-state index in [1.807, 2.05) is 43.5 Å². The van der Waals surface area contributed by atoms with Crippen molar-refractivity contribution < 1.29 is 8.42 Å². The van der Waals surface area contributed by atoms with E-state index in [4.69, 9.17) is 0 Å². The summed E-state index contributed by atoms with van der Waals surface area (Å²) in [5, 5.41) is 3.02. The molecule has 5 nitrogen and oxygen atoms in total. The normalized spacial score (nSPS) is 11.6. The number of nitrogens with zero attached hydrogens (tertiary/aromatic N) is 2. The van der Waals surface area contributed by atoms with Gasteiger partial charge < -0.3 is 0 Å². The summed E-state index contributed by atoms with van der Waals surface area (Å²) in [5.74, 6) is 0. The lowest BCUT2D eigenvalue weighted by atomic mass is 10.2. The number of sulfonamides is 1. The zero-order valence-electron chi connectivity index (χ0n) is 14.8. The third-order valence-corrected chi connectivity index (χ3v) is 6.53. The second kappa shape index (κ2) is 8.07. The lowest BCUT2D eigenvalue weighted by molar-refractivity contribution is 0.578. The van der Waals surface area contributed by atoms with Crippen molar-refractivity contribution in [3.05, 3.63) is 64.2 Å². The molecule has 26 heavy (non-hydrogen) atoms. The van der Waals surface area contributed by atoms with Gasteiger partial charge in [-0.3, -0.25) is 4.98 Å². The van der Waals surface area contributed by atoms with Crippen LogP contribution in [0.25, 0.3) is 11.3 Å². The maximum absolute atomic E-state index is 12.5. The zero-order chi connectivity index (χ0) is 18.6. The van der Waals surface area contributed by atoms with Crippen LogP contribution in [0.4, 0.5) is 0 Å². The number of hydrogen-bond donors (Lipinski definition) is 1. The van der Waals surface area contributed by atoms with Gasteiger partial charge in [0.15, 0.2) is 0 Å². The summed E-state index contributed by atoms with van der Waals surface area (Å²) in [6.07, 6.45) is 4.94. The molecule has 2 heterocycles. The van der Waals surface area contributed by atoms with Crippen molar-refractivity contribution in [3.63, 3.8) is 0 Å². The Bertz CT molecular complexity index is 983. The summed E-state index contributed by atoms with van der Waals surface area (Å²) in [7, 11) is -3.48. The van der Waals surface area contributed by atoms with Gasteiger partial charge in [-0.05, 0) is 49.6 Å². The molecule has 1 N–H and O–H groups in total. The molecule has 0 saturated carbocycles. The largest absolute Gasteiger partial charge is 0.265 e. The second-order valence-electron chi connectivity index (χ2n) is 6.13. The van der Waals surface area contributed by atoms with Crippen molar-refractivity contribution in [2.75, 3.05) is 6.54 Å². The van der Waals surface area contributed by atoms with Crippen LogP contribution in [0.1, 0.15) is 22.6 Å². The Morgan fingerprint density at radius 2 is 1.88 bits per heavy atom. The van der Waals surface area contributed by atoms with Crippen molar-refractivity contribution in [1.29, 1.82) is 0 Å². The molecule has 0 unspecified atom stereocenters. The van der Waals surface area contributed by atoms with Gasteiger partial charge in [0.2, 0.25) is 10.0 Å². The predicted octanol–water partition coefficient (Wildman–Crippen LogP) is 3.73. The van der Waals surface area contributed by atoms with Crippen molar-refractivity contribution in [1.82, 2.24) is 14.7 Å². The van der Waals surface area contributed by atoms with Gasteiger partial charge in [-0.15, -0.1) is 11.3 Å². The van der Waals surface area contributed by atoms with E-state index in [1.54, 1.807) is 29.8 Å². The summed E-state index contributed by atoms with van der Waals surface area (Å²) < 4.78 is 27.6. The second-order valence-corrected chi connectivity index (χ2v) is 8.81. The predicted molar refractivity (Wildman–Crippen MR) is 105 cm³/mol. The highest BCUT2D eigenvalue weighted by atomic mass is 32.2. The highest BCUT2D eigenvalue weighted by Gasteiger charge is 2.16. The molecule has 2 aromatic heterocycles. The van der Waals surface area contributed by atoms with Crippen LogP contribution in [-0.2, 0) is 16.4 Å². The Balaban J connectivity index is 1.56. The minimum Gasteiger partial charge on any atom is -0.265 e. The molecule has 1 aromatic carbocycles. The molecule has 7 heteroatoms. The Morgan fingerprint density at radius 1 is 1.12 bits per heavy atom. The molecule has 0 fully saturated rings. The fraction of sp³-hybridized carbons (Fsp3) is 0.263. The van der Waals surface area contributed by atoms with Crippen LogP contribution in [0.3, 0.4) is 0 Å². The molecule has 3 rings (SSSR count). The topological polar surface area (TPSA) is 72.0 Å². The molecular formula is C19H21N3O2S2. The lowest BCUT2D eigenvalue weighted by Crippen LogP contribution is -2.25. The van der Waals surface area contributed by atoms with Gasteiger partial charge in [-0.25, -0.2) is 18.1 Å². The van der Waals surface area contributed by atoms with Gasteiger partial charge in [0.05, 0.1) is 15.6 Å². The summed E-state index contributed by atoms with van der Waals surface area (Å²) in [4.78, 5) is 8.97. The van der Waals surface area contributed by atoms with Gasteiger partial charge in [-0.1, -0.05) is 12.1 Å². The van der Waals surface area contributed by atoms with Crippen LogP contribution in [0.2, 0.25) is 0 Å². The molecule has 0 saturated heterocycles. The Kier molecular flexibility index (Phi) is 5.80. The maximum Gasteiger partial charge on any atom is 0.240 e. The highest BCUT2D eigenvalue weighted by Crippen LogP contribution is 2.22. The smallest absolute Gasteiger partial charge is 0.240 e. The van der Waals surface area contributed by atoms with E-state index in [-0.39, 0.29) is 0 Å². The maximum atomic E-state index is 12.5. The molecule has 0 amide bonds. The monoisotopic (exact) mass is 387 g/mol. The van der Waals surface area contributed by atoms with Crippen molar-refractivity contribution in [2.24, 2.45) is 0 Å². The number of thiazole rings is 1. The summed E-state index contributed by atoms with van der Waals surface area (Å²) in [6.45, 7) is 4.09. The molecule has 136 valence electrons. The van der Waals surface area contributed by atoms with E-state index in [9.17, 15) is 8.42 Å². The molecule has 3 aromatic rings. The van der Waals surface area contributed by atoms with Crippen LogP contribution < -0.4 is 4.72 Å². The minimum atomic E-state index is -3.48. The first-order chi connectivity index (χ1) is 12.5. The number of aryl methyl sites for hydroxylation is 3. The first kappa shape index (κ1) is 18.7. The molecule has 0 aliphatic carbocycles. The Labute approximate surface area is 158 Å². The van der Waals surface area contributed by atoms with Gasteiger partial charge in [0.25, 0.3) is 0 Å².